The van der Waals surface area contributed by atoms with Crippen LogP contribution in [0.3, 0.4) is 0 Å². The number of methoxy groups -OCH3 is 1. The summed E-state index contributed by atoms with van der Waals surface area (Å²) in [7, 11) is 1.66. The van der Waals surface area contributed by atoms with E-state index in [1.165, 1.54) is 16.8 Å². The molecule has 20 heavy (non-hydrogen) atoms. The van der Waals surface area contributed by atoms with E-state index in [1.54, 1.807) is 7.11 Å². The molecule has 106 valence electrons. The highest BCUT2D eigenvalue weighted by molar-refractivity contribution is 5.52. The Hall–Kier alpha value is -2.16. The van der Waals surface area contributed by atoms with E-state index >= 15 is 0 Å². The number of rotatable bonds is 6. The first kappa shape index (κ1) is 14.3. The van der Waals surface area contributed by atoms with Crippen LogP contribution >= 0.6 is 0 Å². The number of hydrogen-bond donors (Lipinski definition) is 1. The summed E-state index contributed by atoms with van der Waals surface area (Å²) in [6.45, 7) is 5.60. The van der Waals surface area contributed by atoms with Crippen LogP contribution in [0.1, 0.15) is 11.1 Å². The molecule has 0 aliphatic carbocycles. The Bertz CT molecular complexity index is 549. The fraction of sp³-hybridized carbons (Fsp3) is 0.294. The van der Waals surface area contributed by atoms with Crippen LogP contribution in [0, 0.1) is 13.8 Å². The second-order valence-corrected chi connectivity index (χ2v) is 4.77. The van der Waals surface area contributed by atoms with Crippen LogP contribution in [-0.2, 0) is 0 Å². The lowest BCUT2D eigenvalue weighted by atomic mass is 10.1. The van der Waals surface area contributed by atoms with E-state index in [1.807, 2.05) is 24.3 Å². The van der Waals surface area contributed by atoms with Crippen molar-refractivity contribution in [2.24, 2.45) is 0 Å². The minimum absolute atomic E-state index is 0.625. The second kappa shape index (κ2) is 6.85. The smallest absolute Gasteiger partial charge is 0.119 e. The number of aryl methyl sites for hydroxylation is 2. The zero-order valence-electron chi connectivity index (χ0n) is 12.3. The van der Waals surface area contributed by atoms with Crippen LogP contribution in [0.2, 0.25) is 0 Å². The molecule has 3 heteroatoms. The van der Waals surface area contributed by atoms with Gasteiger partial charge in [-0.2, -0.15) is 0 Å². The van der Waals surface area contributed by atoms with E-state index in [4.69, 9.17) is 9.47 Å². The molecular formula is C17H21NO2. The van der Waals surface area contributed by atoms with Crippen molar-refractivity contribution in [3.05, 3.63) is 53.6 Å². The van der Waals surface area contributed by atoms with Gasteiger partial charge >= 0.3 is 0 Å². The van der Waals surface area contributed by atoms with Gasteiger partial charge in [-0.3, -0.25) is 0 Å². The standard InChI is InChI=1S/C17H21NO2/c1-13-4-5-14(2)17(12-13)18-10-11-20-16-8-6-15(19-3)7-9-16/h4-9,12,18H,10-11H2,1-3H3. The van der Waals surface area contributed by atoms with E-state index in [0.29, 0.717) is 6.61 Å². The van der Waals surface area contributed by atoms with Crippen molar-refractivity contribution >= 4 is 5.69 Å². The summed E-state index contributed by atoms with van der Waals surface area (Å²) < 4.78 is 10.8. The molecular weight excluding hydrogens is 250 g/mol. The topological polar surface area (TPSA) is 30.5 Å². The van der Waals surface area contributed by atoms with Gasteiger partial charge in [0, 0.05) is 12.2 Å². The number of ether oxygens (including phenoxy) is 2. The Morgan fingerprint density at radius 3 is 2.35 bits per heavy atom. The van der Waals surface area contributed by atoms with Crippen molar-refractivity contribution in [3.8, 4) is 11.5 Å². The van der Waals surface area contributed by atoms with E-state index < -0.39 is 0 Å². The zero-order valence-corrected chi connectivity index (χ0v) is 12.3. The lowest BCUT2D eigenvalue weighted by molar-refractivity contribution is 0.331. The minimum Gasteiger partial charge on any atom is -0.497 e. The van der Waals surface area contributed by atoms with Crippen LogP contribution in [0.15, 0.2) is 42.5 Å². The van der Waals surface area contributed by atoms with Gasteiger partial charge in [-0.05, 0) is 55.3 Å². The van der Waals surface area contributed by atoms with E-state index in [-0.39, 0.29) is 0 Å². The molecule has 0 spiro atoms. The van der Waals surface area contributed by atoms with Gasteiger partial charge < -0.3 is 14.8 Å². The number of nitrogens with one attached hydrogen (secondary N) is 1. The molecule has 0 radical (unpaired) electrons. The maximum atomic E-state index is 5.68. The summed E-state index contributed by atoms with van der Waals surface area (Å²) in [6, 6.07) is 14.0. The van der Waals surface area contributed by atoms with E-state index in [2.05, 4.69) is 37.4 Å². The van der Waals surface area contributed by atoms with Crippen LogP contribution in [0.25, 0.3) is 0 Å². The highest BCUT2D eigenvalue weighted by atomic mass is 16.5. The van der Waals surface area contributed by atoms with Crippen molar-refractivity contribution in [2.75, 3.05) is 25.6 Å². The van der Waals surface area contributed by atoms with Crippen LogP contribution in [0.5, 0.6) is 11.5 Å². The molecule has 2 aromatic rings. The third-order valence-corrected chi connectivity index (χ3v) is 3.14. The molecule has 0 unspecified atom stereocenters. The Labute approximate surface area is 120 Å². The molecule has 3 nitrogen and oxygen atoms in total. The quantitative estimate of drug-likeness (QED) is 0.811. The number of benzene rings is 2. The molecule has 0 aromatic heterocycles. The second-order valence-electron chi connectivity index (χ2n) is 4.77. The lowest BCUT2D eigenvalue weighted by Crippen LogP contribution is -2.12. The van der Waals surface area contributed by atoms with Gasteiger partial charge in [0.1, 0.15) is 18.1 Å². The average molecular weight is 271 g/mol. The van der Waals surface area contributed by atoms with Crippen molar-refractivity contribution in [3.63, 3.8) is 0 Å². The maximum Gasteiger partial charge on any atom is 0.119 e. The first-order chi connectivity index (χ1) is 9.69. The normalized spacial score (nSPS) is 10.2. The fourth-order valence-electron chi connectivity index (χ4n) is 1.95. The summed E-state index contributed by atoms with van der Waals surface area (Å²) in [5.74, 6) is 1.69. The number of hydrogen-bond acceptors (Lipinski definition) is 3. The van der Waals surface area contributed by atoms with Gasteiger partial charge in [0.25, 0.3) is 0 Å². The molecule has 0 bridgehead atoms. The fourth-order valence-corrected chi connectivity index (χ4v) is 1.95. The first-order valence-corrected chi connectivity index (χ1v) is 6.77. The highest BCUT2D eigenvalue weighted by Gasteiger charge is 1.99. The Morgan fingerprint density at radius 2 is 1.65 bits per heavy atom. The van der Waals surface area contributed by atoms with Crippen molar-refractivity contribution in [2.45, 2.75) is 13.8 Å². The Kier molecular flexibility index (Phi) is 4.88. The third-order valence-electron chi connectivity index (χ3n) is 3.14. The molecule has 0 saturated carbocycles. The molecule has 2 aromatic carbocycles. The van der Waals surface area contributed by atoms with Gasteiger partial charge in [-0.1, -0.05) is 12.1 Å². The molecule has 0 aliphatic heterocycles. The van der Waals surface area contributed by atoms with Crippen molar-refractivity contribution in [1.29, 1.82) is 0 Å². The summed E-state index contributed by atoms with van der Waals surface area (Å²) in [6.07, 6.45) is 0. The van der Waals surface area contributed by atoms with Crippen molar-refractivity contribution in [1.82, 2.24) is 0 Å². The maximum absolute atomic E-state index is 5.68. The van der Waals surface area contributed by atoms with Gasteiger partial charge in [0.05, 0.1) is 7.11 Å². The minimum atomic E-state index is 0.625. The van der Waals surface area contributed by atoms with E-state index in [0.717, 1.165) is 18.0 Å². The average Bonchev–Trinajstić information content (AvgIpc) is 2.47. The summed E-state index contributed by atoms with van der Waals surface area (Å²) in [5, 5.41) is 3.40. The summed E-state index contributed by atoms with van der Waals surface area (Å²) in [5.41, 5.74) is 3.68. The molecule has 2 rings (SSSR count). The van der Waals surface area contributed by atoms with E-state index in [9.17, 15) is 0 Å². The molecule has 0 amide bonds. The molecule has 0 fully saturated rings. The Balaban J connectivity index is 1.79. The molecule has 0 heterocycles. The summed E-state index contributed by atoms with van der Waals surface area (Å²) >= 11 is 0. The van der Waals surface area contributed by atoms with Crippen LogP contribution < -0.4 is 14.8 Å². The van der Waals surface area contributed by atoms with Crippen LogP contribution in [0.4, 0.5) is 5.69 Å². The van der Waals surface area contributed by atoms with Gasteiger partial charge in [-0.25, -0.2) is 0 Å². The van der Waals surface area contributed by atoms with Gasteiger partial charge in [-0.15, -0.1) is 0 Å². The SMILES string of the molecule is COc1ccc(OCCNc2cc(C)ccc2C)cc1. The highest BCUT2D eigenvalue weighted by Crippen LogP contribution is 2.18. The number of anilines is 1. The molecule has 1 N–H and O–H groups in total. The first-order valence-electron chi connectivity index (χ1n) is 6.77. The van der Waals surface area contributed by atoms with Gasteiger partial charge in [0.15, 0.2) is 0 Å². The molecule has 0 aliphatic rings. The van der Waals surface area contributed by atoms with Gasteiger partial charge in [0.2, 0.25) is 0 Å². The predicted octanol–water partition coefficient (Wildman–Crippen LogP) is 3.80. The summed E-state index contributed by atoms with van der Waals surface area (Å²) in [4.78, 5) is 0. The largest absolute Gasteiger partial charge is 0.497 e. The zero-order chi connectivity index (χ0) is 14.4. The predicted molar refractivity (Wildman–Crippen MR) is 82.9 cm³/mol. The molecule has 0 atom stereocenters. The Morgan fingerprint density at radius 1 is 0.950 bits per heavy atom. The van der Waals surface area contributed by atoms with Crippen LogP contribution in [-0.4, -0.2) is 20.3 Å². The van der Waals surface area contributed by atoms with Crippen molar-refractivity contribution < 1.29 is 9.47 Å². The monoisotopic (exact) mass is 271 g/mol. The lowest BCUT2D eigenvalue weighted by Gasteiger charge is -2.11. The molecule has 0 saturated heterocycles. The third kappa shape index (κ3) is 3.92.